The number of hydrogen-bond acceptors (Lipinski definition) is 7. The van der Waals surface area contributed by atoms with Gasteiger partial charge in [-0.1, -0.05) is 12.2 Å². The molecule has 9 nitrogen and oxygen atoms in total. The summed E-state index contributed by atoms with van der Waals surface area (Å²) in [7, 11) is 1.75. The van der Waals surface area contributed by atoms with E-state index in [1.807, 2.05) is 4.90 Å². The minimum Gasteiger partial charge on any atom is -0.396 e. The fraction of sp³-hybridized carbons (Fsp3) is 0.741. The van der Waals surface area contributed by atoms with Crippen molar-refractivity contribution >= 4 is 29.5 Å². The standard InChI is InChI=1S/C27H42N4O5S/c1-5-10-28(4)23(33)20-21-24(34)31(12-7-17-32)22(27(21)9-8-26(20,3)37-27)25(35)30(11-6-2)14-13-29-15-18-36-19-16-29/h5-6,20-22,32H,1-2,7-19H2,3-4H3/t20-,21+,22?,26+,27?/m1/s1. The fourth-order valence-electron chi connectivity index (χ4n) is 6.79. The number of nitrogens with zero attached hydrogens (tertiary/aromatic N) is 4. The summed E-state index contributed by atoms with van der Waals surface area (Å²) >= 11 is 1.68. The van der Waals surface area contributed by atoms with E-state index >= 15 is 0 Å². The number of morpholine rings is 1. The van der Waals surface area contributed by atoms with Gasteiger partial charge in [0, 0.05) is 64.2 Å². The molecule has 1 spiro atoms. The molecular weight excluding hydrogens is 492 g/mol. The number of thioether (sulfide) groups is 1. The quantitative estimate of drug-likeness (QED) is 0.371. The highest BCUT2D eigenvalue weighted by atomic mass is 32.2. The first-order valence-corrected chi connectivity index (χ1v) is 14.2. The molecule has 10 heteroatoms. The van der Waals surface area contributed by atoms with E-state index in [1.54, 1.807) is 40.8 Å². The Labute approximate surface area is 224 Å². The molecular formula is C27H42N4O5S. The molecule has 2 bridgehead atoms. The maximum atomic E-state index is 14.3. The second-order valence-electron chi connectivity index (χ2n) is 10.9. The van der Waals surface area contributed by atoms with Crippen molar-refractivity contribution in [2.45, 2.75) is 41.7 Å². The summed E-state index contributed by atoms with van der Waals surface area (Å²) in [5.74, 6) is -1.29. The van der Waals surface area contributed by atoms with Crippen molar-refractivity contribution in [1.82, 2.24) is 19.6 Å². The number of likely N-dealkylation sites (tertiary alicyclic amines) is 1. The largest absolute Gasteiger partial charge is 0.396 e. The molecule has 4 rings (SSSR count). The number of hydrogen-bond donors (Lipinski definition) is 1. The van der Waals surface area contributed by atoms with Crippen LogP contribution in [0.5, 0.6) is 0 Å². The Bertz CT molecular complexity index is 911. The van der Waals surface area contributed by atoms with Crippen LogP contribution >= 0.6 is 11.8 Å². The van der Waals surface area contributed by atoms with Crippen molar-refractivity contribution in [3.63, 3.8) is 0 Å². The number of fused-ring (bicyclic) bond motifs is 1. The lowest BCUT2D eigenvalue weighted by Gasteiger charge is -2.38. The van der Waals surface area contributed by atoms with Crippen LogP contribution in [0.15, 0.2) is 25.3 Å². The van der Waals surface area contributed by atoms with E-state index in [0.29, 0.717) is 45.8 Å². The Hall–Kier alpha value is -1.88. The Morgan fingerprint density at radius 3 is 2.51 bits per heavy atom. The molecule has 4 saturated heterocycles. The third kappa shape index (κ3) is 4.97. The average Bonchev–Trinajstić information content (AvgIpc) is 3.45. The van der Waals surface area contributed by atoms with Gasteiger partial charge >= 0.3 is 0 Å². The Kier molecular flexibility index (Phi) is 8.72. The van der Waals surface area contributed by atoms with E-state index in [4.69, 9.17) is 4.74 Å². The first-order valence-electron chi connectivity index (χ1n) is 13.4. The normalized spacial score (nSPS) is 32.9. The van der Waals surface area contributed by atoms with Gasteiger partial charge in [0.1, 0.15) is 6.04 Å². The van der Waals surface area contributed by atoms with Gasteiger partial charge in [0.15, 0.2) is 0 Å². The smallest absolute Gasteiger partial charge is 0.247 e. The summed E-state index contributed by atoms with van der Waals surface area (Å²) in [6, 6.07) is -0.657. The van der Waals surface area contributed by atoms with Crippen LogP contribution in [0.4, 0.5) is 0 Å². The zero-order valence-electron chi connectivity index (χ0n) is 22.3. The minimum atomic E-state index is -0.657. The number of likely N-dealkylation sites (N-methyl/N-ethyl adjacent to an activating group) is 1. The average molecular weight is 535 g/mol. The monoisotopic (exact) mass is 534 g/mol. The van der Waals surface area contributed by atoms with Crippen molar-refractivity contribution in [3.05, 3.63) is 25.3 Å². The zero-order valence-corrected chi connectivity index (χ0v) is 23.1. The highest BCUT2D eigenvalue weighted by molar-refractivity contribution is 8.02. The lowest BCUT2D eigenvalue weighted by Crippen LogP contribution is -2.56. The van der Waals surface area contributed by atoms with Crippen LogP contribution in [-0.2, 0) is 19.1 Å². The Morgan fingerprint density at radius 1 is 1.16 bits per heavy atom. The molecule has 206 valence electrons. The molecule has 4 aliphatic heterocycles. The predicted octanol–water partition coefficient (Wildman–Crippen LogP) is 0.841. The summed E-state index contributed by atoms with van der Waals surface area (Å²) < 4.78 is 4.41. The van der Waals surface area contributed by atoms with E-state index in [-0.39, 0.29) is 24.3 Å². The van der Waals surface area contributed by atoms with E-state index in [2.05, 4.69) is 25.0 Å². The summed E-state index contributed by atoms with van der Waals surface area (Å²) in [6.45, 7) is 15.1. The second-order valence-corrected chi connectivity index (χ2v) is 12.8. The number of carbonyl (C=O) groups is 3. The summed E-state index contributed by atoms with van der Waals surface area (Å²) in [5.41, 5.74) is 0. The first-order chi connectivity index (χ1) is 17.7. The lowest BCUT2D eigenvalue weighted by atomic mass is 9.66. The number of ether oxygens (including phenoxy) is 1. The maximum Gasteiger partial charge on any atom is 0.247 e. The van der Waals surface area contributed by atoms with E-state index in [1.165, 1.54) is 0 Å². The molecule has 37 heavy (non-hydrogen) atoms. The van der Waals surface area contributed by atoms with Crippen molar-refractivity contribution in [2.24, 2.45) is 11.8 Å². The van der Waals surface area contributed by atoms with Gasteiger partial charge < -0.3 is 24.5 Å². The van der Waals surface area contributed by atoms with Crippen molar-refractivity contribution < 1.29 is 24.2 Å². The molecule has 0 saturated carbocycles. The molecule has 0 aromatic carbocycles. The molecule has 0 aliphatic carbocycles. The van der Waals surface area contributed by atoms with Gasteiger partial charge in [-0.05, 0) is 26.2 Å². The number of aliphatic hydroxyl groups is 1. The zero-order chi connectivity index (χ0) is 26.8. The molecule has 4 heterocycles. The van der Waals surface area contributed by atoms with Crippen molar-refractivity contribution in [3.8, 4) is 0 Å². The molecule has 2 unspecified atom stereocenters. The highest BCUT2D eigenvalue weighted by Gasteiger charge is 2.77. The SMILES string of the molecule is C=CCN(C)C(=O)[C@H]1[C@H]2C(=O)N(CCCO)C(C(=O)N(CC=C)CCN3CCOCC3)C23CC[C@]1(C)S3. The summed E-state index contributed by atoms with van der Waals surface area (Å²) in [5, 5.41) is 9.57. The molecule has 1 N–H and O–H groups in total. The van der Waals surface area contributed by atoms with Crippen LogP contribution in [0.3, 0.4) is 0 Å². The van der Waals surface area contributed by atoms with Crippen LogP contribution < -0.4 is 0 Å². The number of rotatable bonds is 12. The third-order valence-corrected chi connectivity index (χ3v) is 10.5. The van der Waals surface area contributed by atoms with Crippen LogP contribution in [0, 0.1) is 11.8 Å². The molecule has 0 radical (unpaired) electrons. The Balaban J connectivity index is 1.65. The molecule has 4 fully saturated rings. The summed E-state index contributed by atoms with van der Waals surface area (Å²) in [6.07, 6.45) is 5.32. The fourth-order valence-corrected chi connectivity index (χ4v) is 9.13. The number of amides is 3. The molecule has 5 atom stereocenters. The first kappa shape index (κ1) is 28.1. The van der Waals surface area contributed by atoms with Crippen LogP contribution in [-0.4, -0.2) is 131 Å². The third-order valence-electron chi connectivity index (χ3n) is 8.56. The van der Waals surface area contributed by atoms with Gasteiger partial charge in [-0.15, -0.1) is 24.9 Å². The molecule has 0 aromatic rings. The Morgan fingerprint density at radius 2 is 1.86 bits per heavy atom. The lowest BCUT2D eigenvalue weighted by molar-refractivity contribution is -0.145. The van der Waals surface area contributed by atoms with Gasteiger partial charge in [-0.2, -0.15) is 0 Å². The predicted molar refractivity (Wildman–Crippen MR) is 144 cm³/mol. The number of carbonyl (C=O) groups excluding carboxylic acids is 3. The van der Waals surface area contributed by atoms with Gasteiger partial charge in [-0.25, -0.2) is 0 Å². The highest BCUT2D eigenvalue weighted by Crippen LogP contribution is 2.71. The van der Waals surface area contributed by atoms with E-state index in [9.17, 15) is 19.5 Å². The van der Waals surface area contributed by atoms with Gasteiger partial charge in [0.2, 0.25) is 17.7 Å². The van der Waals surface area contributed by atoms with Gasteiger partial charge in [0.25, 0.3) is 0 Å². The number of aliphatic hydroxyl groups excluding tert-OH is 1. The molecule has 3 amide bonds. The van der Waals surface area contributed by atoms with E-state index < -0.39 is 27.4 Å². The molecule has 0 aromatic heterocycles. The van der Waals surface area contributed by atoms with Crippen LogP contribution in [0.2, 0.25) is 0 Å². The van der Waals surface area contributed by atoms with Crippen molar-refractivity contribution in [2.75, 3.05) is 72.7 Å². The van der Waals surface area contributed by atoms with Crippen LogP contribution in [0.25, 0.3) is 0 Å². The van der Waals surface area contributed by atoms with Crippen LogP contribution in [0.1, 0.15) is 26.2 Å². The second kappa shape index (κ2) is 11.5. The summed E-state index contributed by atoms with van der Waals surface area (Å²) in [4.78, 5) is 49.5. The van der Waals surface area contributed by atoms with Crippen molar-refractivity contribution in [1.29, 1.82) is 0 Å². The molecule has 4 aliphatic rings. The van der Waals surface area contributed by atoms with Gasteiger partial charge in [0.05, 0.1) is 29.8 Å². The maximum absolute atomic E-state index is 14.3. The minimum absolute atomic E-state index is 0.0553. The van der Waals surface area contributed by atoms with Gasteiger partial charge in [-0.3, -0.25) is 19.3 Å². The topological polar surface area (TPSA) is 93.6 Å². The van der Waals surface area contributed by atoms with E-state index in [0.717, 1.165) is 32.5 Å².